The quantitative estimate of drug-likeness (QED) is 0.0340. The number of carbonyl (C=O) groups excluding carboxylic acids is 4. The molecule has 0 bridgehead atoms. The molecule has 1 heterocycles. The van der Waals surface area contributed by atoms with E-state index in [4.69, 9.17) is 14.2 Å². The van der Waals surface area contributed by atoms with E-state index in [2.05, 4.69) is 27.7 Å². The standard InChI is InChI=1S/C80H150O7/c1-5-9-13-17-21-25-29-33-37-41-45-49-53-57-61-71(67-73(81)63-59-55-51-47-43-39-35-31-27-23-19-15-11-7-3)69-85-79(83)75-65-66-76-78(87-76)77(75)80(84)86-70-72(62-58-54-50-46-42-38-34-30-26-22-18-14-10-6-2)68-74(82)64-60-56-52-48-44-40-36-32-28-24-20-16-12-8-4/h71-72,75-78H,5-70H2,1-4H3. The van der Waals surface area contributed by atoms with Crippen molar-refractivity contribution in [2.45, 2.75) is 451 Å². The maximum absolute atomic E-state index is 14.2. The number of unbranched alkanes of at least 4 members (excludes halogenated alkanes) is 52. The van der Waals surface area contributed by atoms with Crippen molar-refractivity contribution >= 4 is 23.5 Å². The number of ether oxygens (including phenoxy) is 3. The van der Waals surface area contributed by atoms with Crippen molar-refractivity contribution in [1.82, 2.24) is 0 Å². The van der Waals surface area contributed by atoms with Crippen molar-refractivity contribution in [1.29, 1.82) is 0 Å². The minimum Gasteiger partial charge on any atom is -0.465 e. The van der Waals surface area contributed by atoms with Crippen LogP contribution in [0.25, 0.3) is 0 Å². The van der Waals surface area contributed by atoms with Crippen LogP contribution < -0.4 is 0 Å². The van der Waals surface area contributed by atoms with Gasteiger partial charge in [0.05, 0.1) is 37.3 Å². The molecule has 0 amide bonds. The maximum Gasteiger partial charge on any atom is 0.312 e. The van der Waals surface area contributed by atoms with Crippen molar-refractivity contribution in [2.75, 3.05) is 13.2 Å². The summed E-state index contributed by atoms with van der Waals surface area (Å²) in [7, 11) is 0. The molecule has 2 aliphatic rings. The van der Waals surface area contributed by atoms with Gasteiger partial charge in [0.15, 0.2) is 0 Å². The van der Waals surface area contributed by atoms with Gasteiger partial charge in [-0.05, 0) is 50.4 Å². The summed E-state index contributed by atoms with van der Waals surface area (Å²) in [5.74, 6) is -1.40. The van der Waals surface area contributed by atoms with Crippen LogP contribution in [0.4, 0.5) is 0 Å². The van der Waals surface area contributed by atoms with Crippen LogP contribution >= 0.6 is 0 Å². The van der Waals surface area contributed by atoms with Gasteiger partial charge in [-0.15, -0.1) is 0 Å². The molecule has 0 aromatic rings. The van der Waals surface area contributed by atoms with Crippen molar-refractivity contribution in [3.8, 4) is 0 Å². The summed E-state index contributed by atoms with van der Waals surface area (Å²) in [6.07, 6.45) is 77.9. The number of ketones is 2. The fraction of sp³-hybridized carbons (Fsp3) is 0.950. The fourth-order valence-corrected chi connectivity index (χ4v) is 14.2. The first kappa shape index (κ1) is 81.3. The lowest BCUT2D eigenvalue weighted by atomic mass is 9.79. The summed E-state index contributed by atoms with van der Waals surface area (Å²) in [4.78, 5) is 55.6. The monoisotopic (exact) mass is 1220 g/mol. The smallest absolute Gasteiger partial charge is 0.312 e. The molecule has 1 saturated heterocycles. The van der Waals surface area contributed by atoms with E-state index in [9.17, 15) is 19.2 Å². The van der Waals surface area contributed by atoms with Gasteiger partial charge in [0, 0.05) is 25.7 Å². The molecule has 7 heteroatoms. The van der Waals surface area contributed by atoms with E-state index >= 15 is 0 Å². The number of rotatable bonds is 70. The van der Waals surface area contributed by atoms with Gasteiger partial charge in [-0.2, -0.15) is 0 Å². The Labute approximate surface area is 542 Å². The van der Waals surface area contributed by atoms with Crippen LogP contribution in [0.5, 0.6) is 0 Å². The van der Waals surface area contributed by atoms with E-state index in [0.717, 1.165) is 70.6 Å². The predicted octanol–water partition coefficient (Wildman–Crippen LogP) is 25.5. The van der Waals surface area contributed by atoms with Crippen LogP contribution in [0.3, 0.4) is 0 Å². The highest BCUT2D eigenvalue weighted by Crippen LogP contribution is 2.45. The van der Waals surface area contributed by atoms with Crippen molar-refractivity contribution in [3.63, 3.8) is 0 Å². The zero-order valence-electron chi connectivity index (χ0n) is 59.0. The first-order valence-electron chi connectivity index (χ1n) is 39.9. The molecule has 2 rings (SSSR count). The minimum absolute atomic E-state index is 0.00192. The molecule has 0 aromatic heterocycles. The van der Waals surface area contributed by atoms with E-state index in [1.54, 1.807) is 0 Å². The van der Waals surface area contributed by atoms with E-state index < -0.39 is 11.8 Å². The average Bonchev–Trinajstić information content (AvgIpc) is 3.07. The third-order valence-electron chi connectivity index (χ3n) is 20.3. The van der Waals surface area contributed by atoms with Crippen LogP contribution in [-0.4, -0.2) is 48.9 Å². The molecule has 1 aliphatic carbocycles. The molecule has 6 unspecified atom stereocenters. The molecule has 6 atom stereocenters. The number of hydrogen-bond donors (Lipinski definition) is 0. The van der Waals surface area contributed by atoms with Gasteiger partial charge in [0.25, 0.3) is 0 Å². The molecule has 512 valence electrons. The van der Waals surface area contributed by atoms with Crippen LogP contribution in [0.2, 0.25) is 0 Å². The Balaban J connectivity index is 1.91. The SMILES string of the molecule is CCCCCCCCCCCCCCCCC(=O)CC(CCCCCCCCCCCCCCCC)COC(=O)C1CCC2OC2C1C(=O)OCC(CCCCCCCCCCCCCCCC)CC(=O)CCCCCCCCCCCCCCCC. The maximum atomic E-state index is 14.2. The van der Waals surface area contributed by atoms with Gasteiger partial charge in [0.1, 0.15) is 11.6 Å². The summed E-state index contributed by atoms with van der Waals surface area (Å²) < 4.78 is 18.5. The Morgan fingerprint density at radius 2 is 0.552 bits per heavy atom. The van der Waals surface area contributed by atoms with Gasteiger partial charge in [-0.3, -0.25) is 19.2 Å². The topological polar surface area (TPSA) is 99.3 Å². The van der Waals surface area contributed by atoms with Crippen LogP contribution in [-0.2, 0) is 33.4 Å². The third-order valence-corrected chi connectivity index (χ3v) is 20.3. The molecule has 0 aromatic carbocycles. The Morgan fingerprint density at radius 3 is 0.828 bits per heavy atom. The molecule has 0 spiro atoms. The lowest BCUT2D eigenvalue weighted by Gasteiger charge is -2.27. The van der Waals surface area contributed by atoms with E-state index in [1.165, 1.54) is 308 Å². The van der Waals surface area contributed by atoms with Gasteiger partial charge in [-0.25, -0.2) is 0 Å². The van der Waals surface area contributed by atoms with Gasteiger partial charge in [0.2, 0.25) is 0 Å². The molecular formula is C80H150O7. The summed E-state index contributed by atoms with van der Waals surface area (Å²) in [5.41, 5.74) is 0. The van der Waals surface area contributed by atoms with Gasteiger partial charge >= 0.3 is 11.9 Å². The predicted molar refractivity (Wildman–Crippen MR) is 373 cm³/mol. The number of hydrogen-bond acceptors (Lipinski definition) is 7. The summed E-state index contributed by atoms with van der Waals surface area (Å²) >= 11 is 0. The van der Waals surface area contributed by atoms with Crippen LogP contribution in [0.15, 0.2) is 0 Å². The number of Topliss-reactive ketones (excluding diaryl/α,β-unsaturated/α-hetero) is 2. The number of epoxide rings is 1. The molecule has 0 N–H and O–H groups in total. The Kier molecular flexibility index (Phi) is 57.7. The third kappa shape index (κ3) is 49.5. The second kappa shape index (κ2) is 61.7. The first-order valence-corrected chi connectivity index (χ1v) is 39.9. The fourth-order valence-electron chi connectivity index (χ4n) is 14.2. The molecule has 87 heavy (non-hydrogen) atoms. The zero-order chi connectivity index (χ0) is 62.6. The number of esters is 2. The van der Waals surface area contributed by atoms with E-state index in [-0.39, 0.29) is 49.2 Å². The lowest BCUT2D eigenvalue weighted by molar-refractivity contribution is -0.164. The summed E-state index contributed by atoms with van der Waals surface area (Å²) in [5, 5.41) is 0. The first-order chi connectivity index (χ1) is 42.8. The highest BCUT2D eigenvalue weighted by molar-refractivity contribution is 5.84. The lowest BCUT2D eigenvalue weighted by Crippen LogP contribution is -2.40. The normalized spacial score (nSPS) is 17.1. The Morgan fingerprint density at radius 1 is 0.310 bits per heavy atom. The minimum atomic E-state index is -0.685. The van der Waals surface area contributed by atoms with Crippen molar-refractivity contribution in [3.05, 3.63) is 0 Å². The van der Waals surface area contributed by atoms with Gasteiger partial charge < -0.3 is 14.2 Å². The molecule has 1 saturated carbocycles. The zero-order valence-corrected chi connectivity index (χ0v) is 59.0. The van der Waals surface area contributed by atoms with Crippen LogP contribution in [0.1, 0.15) is 439 Å². The Bertz CT molecular complexity index is 1530. The average molecular weight is 1220 g/mol. The van der Waals surface area contributed by atoms with Crippen LogP contribution in [0, 0.1) is 23.7 Å². The Hall–Kier alpha value is -1.76. The van der Waals surface area contributed by atoms with Crippen molar-refractivity contribution in [2.24, 2.45) is 23.7 Å². The highest BCUT2D eigenvalue weighted by Gasteiger charge is 2.57. The molecule has 7 nitrogen and oxygen atoms in total. The molecule has 0 radical (unpaired) electrons. The van der Waals surface area contributed by atoms with E-state index in [0.29, 0.717) is 43.7 Å². The van der Waals surface area contributed by atoms with E-state index in [1.807, 2.05) is 0 Å². The molecule has 1 aliphatic heterocycles. The second-order valence-electron chi connectivity index (χ2n) is 28.8. The number of carbonyl (C=O) groups is 4. The summed E-state index contributed by atoms with van der Waals surface area (Å²) in [6, 6.07) is 0. The largest absolute Gasteiger partial charge is 0.465 e. The highest BCUT2D eigenvalue weighted by atomic mass is 16.6. The second-order valence-corrected chi connectivity index (χ2v) is 28.8. The number of fused-ring (bicyclic) bond motifs is 1. The van der Waals surface area contributed by atoms with Crippen molar-refractivity contribution < 1.29 is 33.4 Å². The molecule has 2 fully saturated rings. The molecular weight excluding hydrogens is 1070 g/mol. The summed E-state index contributed by atoms with van der Waals surface area (Å²) in [6.45, 7) is 9.60. The van der Waals surface area contributed by atoms with Gasteiger partial charge in [-0.1, -0.05) is 374 Å².